The van der Waals surface area contributed by atoms with E-state index < -0.39 is 58.6 Å². The van der Waals surface area contributed by atoms with Gasteiger partial charge >= 0.3 is 47.4 Å². The number of piperazine rings is 1. The molecule has 2 heterocycles. The Kier molecular flexibility index (Phi) is 9.19. The molecule has 0 spiro atoms. The normalized spacial score (nSPS) is 19.2. The number of likely N-dealkylation sites (N-methyl/N-ethyl adjacent to an activating group) is 1. The van der Waals surface area contributed by atoms with Crippen molar-refractivity contribution in [2.24, 2.45) is 0 Å². The van der Waals surface area contributed by atoms with E-state index in [1.165, 1.54) is 4.90 Å². The number of nitrogens with one attached hydrogen (secondary N) is 2. The topological polar surface area (TPSA) is 176 Å². The van der Waals surface area contributed by atoms with Crippen LogP contribution in [0.1, 0.15) is 12.5 Å². The summed E-state index contributed by atoms with van der Waals surface area (Å²) in [6, 6.07) is 5.12. The number of carbonyl (C=O) groups excluding carboxylic acids is 5. The third-order valence-electron chi connectivity index (χ3n) is 5.31. The van der Waals surface area contributed by atoms with Crippen LogP contribution in [0.5, 0.6) is 0 Å². The first-order valence-electron chi connectivity index (χ1n) is 10.1. The molecule has 15 heteroatoms. The molecule has 13 nitrogen and oxygen atoms in total. The van der Waals surface area contributed by atoms with Gasteiger partial charge in [-0.2, -0.15) is 0 Å². The van der Waals surface area contributed by atoms with Gasteiger partial charge in [0, 0.05) is 26.1 Å². The Balaban J connectivity index is 0.00000408. The van der Waals surface area contributed by atoms with E-state index in [9.17, 15) is 36.9 Å². The third-order valence-corrected chi connectivity index (χ3v) is 6.18. The molecular weight excluding hydrogens is 481 g/mol. The molecule has 2 fully saturated rings. The Hall–Kier alpha value is -2.52. The molecule has 0 bridgehead atoms. The van der Waals surface area contributed by atoms with Crippen molar-refractivity contribution in [2.75, 3.05) is 26.2 Å². The number of carbonyl (C=O) groups is 5. The third kappa shape index (κ3) is 6.13. The Morgan fingerprint density at radius 3 is 2.32 bits per heavy atom. The number of amides is 6. The fourth-order valence-electron chi connectivity index (χ4n) is 3.43. The number of nitrogens with zero attached hydrogens (tertiary/aromatic N) is 3. The number of hydrogen-bond donors (Lipinski definition) is 2. The predicted molar refractivity (Wildman–Crippen MR) is 110 cm³/mol. The van der Waals surface area contributed by atoms with Gasteiger partial charge in [0.2, 0.25) is 5.91 Å². The van der Waals surface area contributed by atoms with Gasteiger partial charge in [0.15, 0.2) is 10.3 Å². The predicted octanol–water partition coefficient (Wildman–Crippen LogP) is -5.21. The number of hydrogen-bond acceptors (Lipinski definition) is 8. The number of imide groups is 1. The molecule has 1 aromatic carbocycles. The van der Waals surface area contributed by atoms with E-state index >= 15 is 0 Å². The zero-order valence-electron chi connectivity index (χ0n) is 18.6. The summed E-state index contributed by atoms with van der Waals surface area (Å²) in [5, 5.41) is 4.71. The molecule has 2 aliphatic heterocycles. The van der Waals surface area contributed by atoms with Gasteiger partial charge < -0.3 is 20.1 Å². The minimum Gasteiger partial charge on any atom is -0.731 e. The van der Waals surface area contributed by atoms with E-state index in [2.05, 4.69) is 10.6 Å². The smallest absolute Gasteiger partial charge is 0.731 e. The molecule has 1 unspecified atom stereocenters. The average Bonchev–Trinajstić information content (AvgIpc) is 2.76. The summed E-state index contributed by atoms with van der Waals surface area (Å²) >= 11 is 0. The maximum atomic E-state index is 12.8. The fourth-order valence-corrected chi connectivity index (χ4v) is 4.11. The van der Waals surface area contributed by atoms with Gasteiger partial charge in [0.25, 0.3) is 5.91 Å². The number of urea groups is 1. The summed E-state index contributed by atoms with van der Waals surface area (Å²) in [7, 11) is -4.97. The summed E-state index contributed by atoms with van der Waals surface area (Å²) in [5.74, 6) is -3.76. The molecule has 2 N–H and O–H groups in total. The van der Waals surface area contributed by atoms with Crippen molar-refractivity contribution < 1.29 is 66.5 Å². The molecule has 0 aliphatic carbocycles. The van der Waals surface area contributed by atoms with Crippen molar-refractivity contribution >= 4 is 40.0 Å². The zero-order chi connectivity index (χ0) is 24.3. The van der Waals surface area contributed by atoms with Crippen LogP contribution in [0.3, 0.4) is 0 Å². The van der Waals surface area contributed by atoms with E-state index in [0.29, 0.717) is 17.0 Å². The minimum absolute atomic E-state index is 0. The van der Waals surface area contributed by atoms with E-state index in [-0.39, 0.29) is 53.4 Å². The molecule has 178 valence electrons. The molecular formula is C19H22N5NaO8S. The van der Waals surface area contributed by atoms with Gasteiger partial charge in [-0.3, -0.25) is 24.1 Å². The van der Waals surface area contributed by atoms with Gasteiger partial charge in [-0.1, -0.05) is 30.3 Å². The Morgan fingerprint density at radius 2 is 1.76 bits per heavy atom. The van der Waals surface area contributed by atoms with Gasteiger partial charge in [-0.05, 0) is 12.5 Å². The zero-order valence-corrected chi connectivity index (χ0v) is 21.4. The second kappa shape index (κ2) is 11.3. The summed E-state index contributed by atoms with van der Waals surface area (Å²) in [6.45, 7) is 1.59. The van der Waals surface area contributed by atoms with E-state index in [4.69, 9.17) is 0 Å². The maximum absolute atomic E-state index is 12.8. The van der Waals surface area contributed by atoms with Crippen LogP contribution in [0.4, 0.5) is 4.79 Å². The van der Waals surface area contributed by atoms with Crippen LogP contribution in [-0.2, 0) is 35.9 Å². The monoisotopic (exact) mass is 503 g/mol. The first-order chi connectivity index (χ1) is 15.5. The quantitative estimate of drug-likeness (QED) is 0.161. The first kappa shape index (κ1) is 27.7. The van der Waals surface area contributed by atoms with Crippen LogP contribution in [-0.4, -0.2) is 95.0 Å². The van der Waals surface area contributed by atoms with Crippen molar-refractivity contribution in [3.05, 3.63) is 35.9 Å². The second-order valence-corrected chi connectivity index (χ2v) is 8.72. The van der Waals surface area contributed by atoms with Crippen molar-refractivity contribution in [1.29, 1.82) is 0 Å². The molecule has 34 heavy (non-hydrogen) atoms. The Morgan fingerprint density at radius 1 is 1.12 bits per heavy atom. The van der Waals surface area contributed by atoms with Crippen molar-refractivity contribution in [3.63, 3.8) is 0 Å². The standard InChI is InChI=1S/C19H23N5O8S.Na/c1-2-22-8-9-23(18(28)17(22)27)19(29)21-13(10-12-6-4-3-5-7-12)15(25)20-14-11-24(16(14)26)33(30,31)32;/h3-7,13-14H,2,8-11H2,1H3,(H,20,25)(H,21,29)(H,30,31,32);/q;+1/p-1/t13-,14?;/m1./s1. The molecule has 1 aromatic rings. The van der Waals surface area contributed by atoms with Crippen molar-refractivity contribution in [2.45, 2.75) is 25.4 Å². The molecule has 0 radical (unpaired) electrons. The van der Waals surface area contributed by atoms with Crippen LogP contribution in [0.15, 0.2) is 30.3 Å². The first-order valence-corrected chi connectivity index (χ1v) is 11.4. The summed E-state index contributed by atoms with van der Waals surface area (Å²) in [5.41, 5.74) is 0.653. The van der Waals surface area contributed by atoms with E-state index in [0.717, 1.165) is 0 Å². The van der Waals surface area contributed by atoms with E-state index in [1.807, 2.05) is 0 Å². The Labute approximate surface area is 218 Å². The summed E-state index contributed by atoms with van der Waals surface area (Å²) in [4.78, 5) is 63.8. The Bertz CT molecular complexity index is 1080. The maximum Gasteiger partial charge on any atom is 1.00 e. The molecule has 2 saturated heterocycles. The SMILES string of the molecule is CCN1CCN(C(=O)N[C@H](Cc2ccccc2)C(=O)NC2CN(S(=O)(=O)[O-])C2=O)C(=O)C1=O.[Na+]. The fraction of sp³-hybridized carbons (Fsp3) is 0.421. The van der Waals surface area contributed by atoms with Gasteiger partial charge in [-0.15, -0.1) is 0 Å². The molecule has 2 atom stereocenters. The second-order valence-electron chi connectivity index (χ2n) is 7.42. The minimum atomic E-state index is -4.97. The molecule has 6 amide bonds. The van der Waals surface area contributed by atoms with Crippen molar-refractivity contribution in [1.82, 2.24) is 24.7 Å². The van der Waals surface area contributed by atoms with Gasteiger partial charge in [-0.25, -0.2) is 17.5 Å². The van der Waals surface area contributed by atoms with Gasteiger partial charge in [0.05, 0.1) is 6.54 Å². The van der Waals surface area contributed by atoms with Crippen LogP contribution in [0, 0.1) is 0 Å². The number of rotatable bonds is 7. The van der Waals surface area contributed by atoms with Crippen LogP contribution >= 0.6 is 0 Å². The molecule has 0 saturated carbocycles. The summed E-state index contributed by atoms with van der Waals surface area (Å²) < 4.78 is 33.0. The molecule has 0 aromatic heterocycles. The van der Waals surface area contributed by atoms with Crippen molar-refractivity contribution in [3.8, 4) is 0 Å². The van der Waals surface area contributed by atoms with Crippen LogP contribution in [0.2, 0.25) is 0 Å². The molecule has 2 aliphatic rings. The van der Waals surface area contributed by atoms with Crippen LogP contribution in [0.25, 0.3) is 0 Å². The largest absolute Gasteiger partial charge is 1.00 e. The van der Waals surface area contributed by atoms with E-state index in [1.54, 1.807) is 37.3 Å². The van der Waals surface area contributed by atoms with Gasteiger partial charge in [0.1, 0.15) is 12.1 Å². The number of β-lactam (4-membered cyclic amide) rings is 1. The summed E-state index contributed by atoms with van der Waals surface area (Å²) in [6.07, 6.45) is -0.0139. The number of benzene rings is 1. The average molecular weight is 503 g/mol. The van der Waals surface area contributed by atoms with Crippen LogP contribution < -0.4 is 40.2 Å². The molecule has 3 rings (SSSR count).